The van der Waals surface area contributed by atoms with Gasteiger partial charge in [-0.05, 0) is 26.3 Å². The molecule has 0 saturated heterocycles. The second-order valence-corrected chi connectivity index (χ2v) is 4.53. The number of allylic oxidation sites excluding steroid dienone is 3. The summed E-state index contributed by atoms with van der Waals surface area (Å²) in [7, 11) is 0. The number of amidine groups is 1. The lowest BCUT2D eigenvalue weighted by atomic mass is 10.1. The van der Waals surface area contributed by atoms with Crippen LogP contribution in [-0.2, 0) is 0 Å². The molecule has 0 amide bonds. The van der Waals surface area contributed by atoms with Crippen molar-refractivity contribution in [2.45, 2.75) is 26.8 Å². The number of hydrogen-bond donors (Lipinski definition) is 1. The Morgan fingerprint density at radius 2 is 2.17 bits per heavy atom. The average molecular weight is 272 g/mol. The Hall–Kier alpha value is -1.63. The Morgan fingerprint density at radius 3 is 2.67 bits per heavy atom. The van der Waals surface area contributed by atoms with Gasteiger partial charge in [0.05, 0.1) is 11.9 Å². The van der Waals surface area contributed by atoms with E-state index in [1.54, 1.807) is 6.92 Å². The van der Waals surface area contributed by atoms with E-state index >= 15 is 0 Å². The number of aliphatic imine (C=N–C) groups is 1. The van der Waals surface area contributed by atoms with Crippen LogP contribution in [0, 0.1) is 0 Å². The molecule has 1 unspecified atom stereocenters. The Balaban J connectivity index is 2.92. The van der Waals surface area contributed by atoms with Gasteiger partial charge in [-0.2, -0.15) is 0 Å². The Morgan fingerprint density at radius 1 is 1.50 bits per heavy atom. The van der Waals surface area contributed by atoms with Crippen molar-refractivity contribution in [2.75, 3.05) is 0 Å². The van der Waals surface area contributed by atoms with E-state index in [0.29, 0.717) is 10.6 Å². The summed E-state index contributed by atoms with van der Waals surface area (Å²) < 4.78 is 26.1. The standard InChI is InChI=1S/C11H14F2N4S/c1-6(12)4-9(13)7(2)8(3)16-10(14)11-17-15-5-18-11/h4-5,8H,1-3H3,(H2,14,16)/b6-4+,9-7?. The lowest BCUT2D eigenvalue weighted by molar-refractivity contribution is 0.602. The summed E-state index contributed by atoms with van der Waals surface area (Å²) in [6.07, 6.45) is 0.822. The van der Waals surface area contributed by atoms with Gasteiger partial charge in [0, 0.05) is 6.08 Å². The van der Waals surface area contributed by atoms with E-state index in [-0.39, 0.29) is 5.84 Å². The molecular formula is C11H14F2N4S. The minimum Gasteiger partial charge on any atom is -0.381 e. The third kappa shape index (κ3) is 3.99. The minimum atomic E-state index is -0.642. The third-order valence-corrected chi connectivity index (χ3v) is 2.95. The zero-order chi connectivity index (χ0) is 13.7. The van der Waals surface area contributed by atoms with Gasteiger partial charge in [-0.3, -0.25) is 4.99 Å². The third-order valence-electron chi connectivity index (χ3n) is 2.24. The summed E-state index contributed by atoms with van der Waals surface area (Å²) in [6.45, 7) is 4.39. The van der Waals surface area contributed by atoms with Gasteiger partial charge in [-0.25, -0.2) is 8.78 Å². The summed E-state index contributed by atoms with van der Waals surface area (Å²) in [5.41, 5.74) is 7.54. The Kier molecular flexibility index (Phi) is 5.08. The Bertz CT molecular complexity index is 487. The van der Waals surface area contributed by atoms with Crippen molar-refractivity contribution < 1.29 is 8.78 Å². The predicted molar refractivity (Wildman–Crippen MR) is 68.8 cm³/mol. The highest BCUT2D eigenvalue weighted by molar-refractivity contribution is 7.11. The SMILES string of the molecule is CC(=C(F)/C=C(\C)F)C(C)N=C(N)c1nncs1. The van der Waals surface area contributed by atoms with Crippen LogP contribution in [0.4, 0.5) is 8.78 Å². The van der Waals surface area contributed by atoms with Crippen LogP contribution < -0.4 is 5.73 Å². The van der Waals surface area contributed by atoms with E-state index in [0.717, 1.165) is 6.08 Å². The minimum absolute atomic E-state index is 0.193. The van der Waals surface area contributed by atoms with Gasteiger partial charge in [-0.15, -0.1) is 10.2 Å². The molecule has 2 N–H and O–H groups in total. The fourth-order valence-corrected chi connectivity index (χ4v) is 1.60. The number of halogens is 2. The average Bonchev–Trinajstić information content (AvgIpc) is 2.80. The maximum Gasteiger partial charge on any atom is 0.182 e. The molecule has 0 fully saturated rings. The van der Waals surface area contributed by atoms with Gasteiger partial charge in [0.15, 0.2) is 10.8 Å². The molecule has 0 radical (unpaired) electrons. The van der Waals surface area contributed by atoms with Gasteiger partial charge >= 0.3 is 0 Å². The molecular weight excluding hydrogens is 258 g/mol. The normalized spacial score (nSPS) is 16.5. The molecule has 0 aliphatic carbocycles. The van der Waals surface area contributed by atoms with Crippen molar-refractivity contribution in [3.05, 3.63) is 33.8 Å². The van der Waals surface area contributed by atoms with Crippen molar-refractivity contribution in [3.63, 3.8) is 0 Å². The summed E-state index contributed by atoms with van der Waals surface area (Å²) in [6, 6.07) is -0.496. The van der Waals surface area contributed by atoms with Crippen LogP contribution in [0.1, 0.15) is 25.8 Å². The van der Waals surface area contributed by atoms with Crippen LogP contribution in [0.3, 0.4) is 0 Å². The number of aromatic nitrogens is 2. The molecule has 1 rings (SSSR count). The maximum absolute atomic E-state index is 13.5. The fourth-order valence-electron chi connectivity index (χ4n) is 1.13. The van der Waals surface area contributed by atoms with Crippen LogP contribution in [0.15, 0.2) is 33.8 Å². The van der Waals surface area contributed by atoms with Crippen molar-refractivity contribution in [1.29, 1.82) is 0 Å². The van der Waals surface area contributed by atoms with E-state index < -0.39 is 17.7 Å². The molecule has 1 aromatic heterocycles. The fraction of sp³-hybridized carbons (Fsp3) is 0.364. The highest BCUT2D eigenvalue weighted by Gasteiger charge is 2.10. The molecule has 0 aromatic carbocycles. The summed E-state index contributed by atoms with van der Waals surface area (Å²) in [5.74, 6) is -1.05. The first-order chi connectivity index (χ1) is 8.41. The summed E-state index contributed by atoms with van der Waals surface area (Å²) in [4.78, 5) is 4.10. The second kappa shape index (κ2) is 6.34. The van der Waals surface area contributed by atoms with Crippen molar-refractivity contribution >= 4 is 17.2 Å². The predicted octanol–water partition coefficient (Wildman–Crippen LogP) is 2.75. The summed E-state index contributed by atoms with van der Waals surface area (Å²) in [5, 5.41) is 7.86. The van der Waals surface area contributed by atoms with E-state index in [1.807, 2.05) is 0 Å². The molecule has 98 valence electrons. The number of rotatable bonds is 4. The molecule has 18 heavy (non-hydrogen) atoms. The van der Waals surface area contributed by atoms with Crippen LogP contribution in [0.25, 0.3) is 0 Å². The second-order valence-electron chi connectivity index (χ2n) is 3.70. The van der Waals surface area contributed by atoms with Crippen molar-refractivity contribution in [2.24, 2.45) is 10.7 Å². The van der Waals surface area contributed by atoms with E-state index in [2.05, 4.69) is 15.2 Å². The first-order valence-electron chi connectivity index (χ1n) is 5.21. The molecule has 1 atom stereocenters. The van der Waals surface area contributed by atoms with Crippen LogP contribution in [-0.4, -0.2) is 22.1 Å². The zero-order valence-electron chi connectivity index (χ0n) is 10.3. The topological polar surface area (TPSA) is 64.2 Å². The van der Waals surface area contributed by atoms with Gasteiger partial charge in [0.25, 0.3) is 0 Å². The monoisotopic (exact) mass is 272 g/mol. The molecule has 7 heteroatoms. The van der Waals surface area contributed by atoms with E-state index in [1.165, 1.54) is 30.7 Å². The van der Waals surface area contributed by atoms with Gasteiger partial charge in [0.1, 0.15) is 11.3 Å². The number of hydrogen-bond acceptors (Lipinski definition) is 4. The molecule has 1 heterocycles. The van der Waals surface area contributed by atoms with E-state index in [9.17, 15) is 8.78 Å². The van der Waals surface area contributed by atoms with Crippen LogP contribution in [0.2, 0.25) is 0 Å². The molecule has 0 aliphatic rings. The lowest BCUT2D eigenvalue weighted by Crippen LogP contribution is -2.17. The summed E-state index contributed by atoms with van der Waals surface area (Å²) >= 11 is 1.24. The molecule has 1 aromatic rings. The van der Waals surface area contributed by atoms with E-state index in [4.69, 9.17) is 5.73 Å². The molecule has 0 spiro atoms. The van der Waals surface area contributed by atoms with Gasteiger partial charge < -0.3 is 5.73 Å². The lowest BCUT2D eigenvalue weighted by Gasteiger charge is -2.08. The van der Waals surface area contributed by atoms with Gasteiger partial charge in [-0.1, -0.05) is 11.3 Å². The van der Waals surface area contributed by atoms with Crippen molar-refractivity contribution in [1.82, 2.24) is 10.2 Å². The highest BCUT2D eigenvalue weighted by Crippen LogP contribution is 2.16. The molecule has 0 saturated carbocycles. The first kappa shape index (κ1) is 14.4. The highest BCUT2D eigenvalue weighted by atomic mass is 32.1. The molecule has 4 nitrogen and oxygen atoms in total. The van der Waals surface area contributed by atoms with Crippen molar-refractivity contribution in [3.8, 4) is 0 Å². The zero-order valence-corrected chi connectivity index (χ0v) is 11.1. The quantitative estimate of drug-likeness (QED) is 0.520. The van der Waals surface area contributed by atoms with Crippen LogP contribution >= 0.6 is 11.3 Å². The molecule has 0 aliphatic heterocycles. The van der Waals surface area contributed by atoms with Crippen LogP contribution in [0.5, 0.6) is 0 Å². The smallest absolute Gasteiger partial charge is 0.182 e. The number of nitrogens with two attached hydrogens (primary N) is 1. The number of nitrogens with zero attached hydrogens (tertiary/aromatic N) is 3. The largest absolute Gasteiger partial charge is 0.381 e. The Labute approximate surface area is 108 Å². The molecule has 0 bridgehead atoms. The first-order valence-corrected chi connectivity index (χ1v) is 6.09. The maximum atomic E-state index is 13.5. The van der Waals surface area contributed by atoms with Gasteiger partial charge in [0.2, 0.25) is 0 Å².